The van der Waals surface area contributed by atoms with Crippen LogP contribution in [0.2, 0.25) is 0 Å². The molecule has 7 nitrogen and oxygen atoms in total. The van der Waals surface area contributed by atoms with Crippen molar-refractivity contribution in [2.45, 2.75) is 43.7 Å². The quantitative estimate of drug-likeness (QED) is 0.872. The molecule has 4 rings (SSSR count). The first-order valence-electron chi connectivity index (χ1n) is 8.44. The van der Waals surface area contributed by atoms with Crippen LogP contribution in [0, 0.1) is 0 Å². The topological polar surface area (TPSA) is 76.5 Å². The van der Waals surface area contributed by atoms with Crippen LogP contribution >= 0.6 is 0 Å². The number of nitrogens with one attached hydrogen (secondary N) is 1. The molecule has 1 N–H and O–H groups in total. The van der Waals surface area contributed by atoms with Crippen molar-refractivity contribution in [3.8, 4) is 0 Å². The van der Waals surface area contributed by atoms with E-state index in [-0.39, 0.29) is 17.9 Å². The number of hydrogen-bond donors (Lipinski definition) is 1. The number of carbonyl (C=O) groups is 2. The normalized spacial score (nSPS) is 24.3. The summed E-state index contributed by atoms with van der Waals surface area (Å²) in [6, 6.07) is 1.98. The van der Waals surface area contributed by atoms with E-state index in [0.717, 1.165) is 32.1 Å². The lowest BCUT2D eigenvalue weighted by Gasteiger charge is -2.30. The SMILES string of the molecule is O=C(c1ccnn1C1CCOCC1)N1CCCNC(=O)C12CC2. The Morgan fingerprint density at radius 1 is 1.35 bits per heavy atom. The third-order valence-corrected chi connectivity index (χ3v) is 5.18. The summed E-state index contributed by atoms with van der Waals surface area (Å²) in [4.78, 5) is 27.2. The van der Waals surface area contributed by atoms with Crippen molar-refractivity contribution in [3.63, 3.8) is 0 Å². The van der Waals surface area contributed by atoms with E-state index in [1.165, 1.54) is 0 Å². The van der Waals surface area contributed by atoms with E-state index in [2.05, 4.69) is 10.4 Å². The van der Waals surface area contributed by atoms with Crippen LogP contribution in [0.15, 0.2) is 12.3 Å². The van der Waals surface area contributed by atoms with Gasteiger partial charge in [-0.05, 0) is 38.2 Å². The Balaban J connectivity index is 1.62. The molecule has 7 heteroatoms. The zero-order valence-electron chi connectivity index (χ0n) is 13.2. The predicted molar refractivity (Wildman–Crippen MR) is 81.9 cm³/mol. The molecule has 0 unspecified atom stereocenters. The van der Waals surface area contributed by atoms with Gasteiger partial charge in [0.1, 0.15) is 11.2 Å². The van der Waals surface area contributed by atoms with Gasteiger partial charge < -0.3 is 15.0 Å². The van der Waals surface area contributed by atoms with Gasteiger partial charge in [0.05, 0.1) is 6.04 Å². The van der Waals surface area contributed by atoms with Crippen LogP contribution in [0.5, 0.6) is 0 Å². The van der Waals surface area contributed by atoms with Crippen LogP contribution in [0.1, 0.15) is 48.6 Å². The number of amides is 2. The molecule has 124 valence electrons. The zero-order valence-corrected chi connectivity index (χ0v) is 13.2. The molecule has 0 aromatic carbocycles. The molecule has 1 saturated carbocycles. The molecule has 2 saturated heterocycles. The molecule has 1 spiro atoms. The third-order valence-electron chi connectivity index (χ3n) is 5.18. The first-order valence-corrected chi connectivity index (χ1v) is 8.44. The summed E-state index contributed by atoms with van der Waals surface area (Å²) < 4.78 is 7.24. The predicted octanol–water partition coefficient (Wildman–Crippen LogP) is 0.729. The zero-order chi connectivity index (χ0) is 15.9. The van der Waals surface area contributed by atoms with Crippen molar-refractivity contribution in [2.75, 3.05) is 26.3 Å². The fourth-order valence-corrected chi connectivity index (χ4v) is 3.69. The van der Waals surface area contributed by atoms with Crippen LogP contribution in [0.4, 0.5) is 0 Å². The van der Waals surface area contributed by atoms with Crippen LogP contribution < -0.4 is 5.32 Å². The Hall–Kier alpha value is -1.89. The average molecular weight is 318 g/mol. The van der Waals surface area contributed by atoms with Gasteiger partial charge in [0, 0.05) is 32.5 Å². The summed E-state index contributed by atoms with van der Waals surface area (Å²) in [5.41, 5.74) is -0.0175. The molecule has 2 aliphatic heterocycles. The largest absolute Gasteiger partial charge is 0.381 e. The fourth-order valence-electron chi connectivity index (χ4n) is 3.69. The van der Waals surface area contributed by atoms with Gasteiger partial charge in [-0.3, -0.25) is 14.3 Å². The first kappa shape index (κ1) is 14.7. The number of hydrogen-bond acceptors (Lipinski definition) is 4. The third kappa shape index (κ3) is 2.43. The van der Waals surface area contributed by atoms with Crippen molar-refractivity contribution in [1.29, 1.82) is 0 Å². The smallest absolute Gasteiger partial charge is 0.273 e. The summed E-state index contributed by atoms with van der Waals surface area (Å²) in [5, 5.41) is 7.31. The standard InChI is InChI=1S/C16H22N4O3/c21-14(19-9-1-7-17-15(22)16(19)5-6-16)13-2-8-18-20(13)12-3-10-23-11-4-12/h2,8,12H,1,3-7,9-11H2,(H,17,22). The van der Waals surface area contributed by atoms with Gasteiger partial charge in [0.15, 0.2) is 0 Å². The molecule has 1 aliphatic carbocycles. The van der Waals surface area contributed by atoms with Gasteiger partial charge in [-0.1, -0.05) is 0 Å². The summed E-state index contributed by atoms with van der Waals surface area (Å²) in [6.45, 7) is 2.67. The van der Waals surface area contributed by atoms with Crippen molar-refractivity contribution < 1.29 is 14.3 Å². The van der Waals surface area contributed by atoms with E-state index < -0.39 is 5.54 Å². The molecular weight excluding hydrogens is 296 g/mol. The number of rotatable bonds is 2. The second kappa shape index (κ2) is 5.63. The molecule has 3 aliphatic rings. The molecule has 0 bridgehead atoms. The highest BCUT2D eigenvalue weighted by molar-refractivity contribution is 6.00. The summed E-state index contributed by atoms with van der Waals surface area (Å²) in [5.74, 6) is -0.0657. The molecule has 0 radical (unpaired) electrons. The van der Waals surface area contributed by atoms with Crippen LogP contribution in [-0.4, -0.2) is 58.3 Å². The van der Waals surface area contributed by atoms with Crippen LogP contribution in [0.25, 0.3) is 0 Å². The van der Waals surface area contributed by atoms with E-state index in [9.17, 15) is 9.59 Å². The average Bonchev–Trinajstić information content (AvgIpc) is 3.27. The molecule has 3 heterocycles. The Morgan fingerprint density at radius 3 is 2.87 bits per heavy atom. The fraction of sp³-hybridized carbons (Fsp3) is 0.688. The van der Waals surface area contributed by atoms with Gasteiger partial charge in [0.2, 0.25) is 5.91 Å². The van der Waals surface area contributed by atoms with Gasteiger partial charge in [-0.2, -0.15) is 5.10 Å². The number of carbonyl (C=O) groups excluding carboxylic acids is 2. The maximum absolute atomic E-state index is 13.1. The number of ether oxygens (including phenoxy) is 1. The lowest BCUT2D eigenvalue weighted by atomic mass is 10.1. The summed E-state index contributed by atoms with van der Waals surface area (Å²) in [7, 11) is 0. The minimum absolute atomic E-state index is 0.000446. The highest BCUT2D eigenvalue weighted by Crippen LogP contribution is 2.43. The highest BCUT2D eigenvalue weighted by atomic mass is 16.5. The summed E-state index contributed by atoms with van der Waals surface area (Å²) >= 11 is 0. The maximum Gasteiger partial charge on any atom is 0.273 e. The van der Waals surface area contributed by atoms with Crippen molar-refractivity contribution in [1.82, 2.24) is 20.0 Å². The molecule has 2 amide bonds. The Kier molecular flexibility index (Phi) is 3.60. The van der Waals surface area contributed by atoms with E-state index in [1.54, 1.807) is 17.2 Å². The number of nitrogens with zero attached hydrogens (tertiary/aromatic N) is 3. The van der Waals surface area contributed by atoms with Gasteiger partial charge in [0.25, 0.3) is 5.91 Å². The highest BCUT2D eigenvalue weighted by Gasteiger charge is 2.57. The molecular formula is C16H22N4O3. The number of aromatic nitrogens is 2. The monoisotopic (exact) mass is 318 g/mol. The lowest BCUT2D eigenvalue weighted by molar-refractivity contribution is -0.126. The van der Waals surface area contributed by atoms with E-state index in [4.69, 9.17) is 4.74 Å². The second-order valence-electron chi connectivity index (χ2n) is 6.60. The Labute approximate surface area is 135 Å². The van der Waals surface area contributed by atoms with Crippen molar-refractivity contribution in [3.05, 3.63) is 18.0 Å². The molecule has 23 heavy (non-hydrogen) atoms. The minimum atomic E-state index is -0.613. The van der Waals surface area contributed by atoms with E-state index >= 15 is 0 Å². The lowest BCUT2D eigenvalue weighted by Crippen LogP contribution is -2.50. The minimum Gasteiger partial charge on any atom is -0.381 e. The van der Waals surface area contributed by atoms with Gasteiger partial charge in [-0.15, -0.1) is 0 Å². The molecule has 1 aromatic heterocycles. The van der Waals surface area contributed by atoms with Gasteiger partial charge >= 0.3 is 0 Å². The van der Waals surface area contributed by atoms with E-state index in [0.29, 0.717) is 32.0 Å². The summed E-state index contributed by atoms with van der Waals surface area (Å²) in [6.07, 6.45) is 5.73. The van der Waals surface area contributed by atoms with Crippen LogP contribution in [-0.2, 0) is 9.53 Å². The van der Waals surface area contributed by atoms with Crippen LogP contribution in [0.3, 0.4) is 0 Å². The Morgan fingerprint density at radius 2 is 2.13 bits per heavy atom. The molecule has 0 atom stereocenters. The second-order valence-corrected chi connectivity index (χ2v) is 6.60. The van der Waals surface area contributed by atoms with E-state index in [1.807, 2.05) is 4.68 Å². The van der Waals surface area contributed by atoms with Crippen molar-refractivity contribution >= 4 is 11.8 Å². The maximum atomic E-state index is 13.1. The molecule has 1 aromatic rings. The molecule has 3 fully saturated rings. The van der Waals surface area contributed by atoms with Crippen molar-refractivity contribution in [2.24, 2.45) is 0 Å². The Bertz CT molecular complexity index is 617. The first-order chi connectivity index (χ1) is 11.2. The van der Waals surface area contributed by atoms with Gasteiger partial charge in [-0.25, -0.2) is 0 Å².